The van der Waals surface area contributed by atoms with Gasteiger partial charge in [0.05, 0.1) is 16.8 Å². The summed E-state index contributed by atoms with van der Waals surface area (Å²) in [4.78, 5) is 4.97. The summed E-state index contributed by atoms with van der Waals surface area (Å²) in [6.07, 6.45) is 0. The monoisotopic (exact) mass is 817 g/mol. The molecular formula is C61H39NS. The molecule has 1 nitrogen and oxygen atoms in total. The fourth-order valence-corrected chi connectivity index (χ4v) is 11.8. The Morgan fingerprint density at radius 2 is 0.762 bits per heavy atom. The van der Waals surface area contributed by atoms with Gasteiger partial charge in [-0.1, -0.05) is 194 Å². The van der Waals surface area contributed by atoms with Crippen molar-refractivity contribution in [1.29, 1.82) is 0 Å². The van der Waals surface area contributed by atoms with Gasteiger partial charge in [-0.05, 0) is 143 Å². The maximum Gasteiger partial charge on any atom is 0.0713 e. The van der Waals surface area contributed by atoms with Crippen LogP contribution in [-0.4, -0.2) is 0 Å². The Kier molecular flexibility index (Phi) is 8.13. The largest absolute Gasteiger partial charge is 0.308 e. The number of hydrogen-bond acceptors (Lipinski definition) is 2. The maximum atomic E-state index is 2.49. The molecule has 2 heteroatoms. The zero-order valence-electron chi connectivity index (χ0n) is 34.4. The van der Waals surface area contributed by atoms with E-state index < -0.39 is 5.41 Å². The zero-order chi connectivity index (χ0) is 41.5. The SMILES string of the molecule is c1ccc(C2(c3ccccc3)c3ccccc3-c3ccc(-c4cc(-c5ccc6c7ccccc7c7ccccc7c6c5)cc(N5c6ccccc6Sc6ccccc65)c4)cc32)cc1. The van der Waals surface area contributed by atoms with Gasteiger partial charge in [0.25, 0.3) is 0 Å². The normalized spacial score (nSPS) is 13.4. The van der Waals surface area contributed by atoms with Gasteiger partial charge >= 0.3 is 0 Å². The number of rotatable bonds is 5. The standard InChI is InChI=1S/C61H39NS/c1-3-17-44(18-4-1)61(45-19-5-2-6-20-45)55-26-12-11-25-52(55)53-34-32-41(39-56(53)61)43-35-42(36-46(37-43)62-57-27-13-15-29-59(57)63-60-30-16-14-28-58(60)62)40-31-33-51-49-23-8-7-21-47(49)48-22-9-10-24-50(48)54(51)38-40/h1-39H. The molecule has 0 unspecified atom stereocenters. The summed E-state index contributed by atoms with van der Waals surface area (Å²) < 4.78 is 0. The fourth-order valence-electron chi connectivity index (χ4n) is 10.8. The predicted molar refractivity (Wildman–Crippen MR) is 266 cm³/mol. The molecule has 0 amide bonds. The van der Waals surface area contributed by atoms with Gasteiger partial charge in [-0.25, -0.2) is 0 Å². The van der Waals surface area contributed by atoms with E-state index in [9.17, 15) is 0 Å². The van der Waals surface area contributed by atoms with Gasteiger partial charge in [-0.15, -0.1) is 0 Å². The predicted octanol–water partition coefficient (Wildman–Crippen LogP) is 16.8. The molecule has 0 aromatic heterocycles. The number of hydrogen-bond donors (Lipinski definition) is 0. The van der Waals surface area contributed by atoms with Gasteiger partial charge in [-0.3, -0.25) is 0 Å². The van der Waals surface area contributed by atoms with E-state index >= 15 is 0 Å². The molecule has 0 atom stereocenters. The van der Waals surface area contributed by atoms with Crippen LogP contribution in [0.25, 0.3) is 65.7 Å². The third kappa shape index (κ3) is 5.45. The van der Waals surface area contributed by atoms with E-state index in [0.29, 0.717) is 0 Å². The Hall–Kier alpha value is -7.65. The molecule has 294 valence electrons. The summed E-state index contributed by atoms with van der Waals surface area (Å²) in [5, 5.41) is 7.67. The van der Waals surface area contributed by atoms with Gasteiger partial charge < -0.3 is 4.90 Å². The highest BCUT2D eigenvalue weighted by Gasteiger charge is 2.46. The molecule has 0 bridgehead atoms. The van der Waals surface area contributed by atoms with Crippen LogP contribution in [0, 0.1) is 0 Å². The molecule has 0 radical (unpaired) electrons. The summed E-state index contributed by atoms with van der Waals surface area (Å²) >= 11 is 1.85. The van der Waals surface area contributed by atoms with Crippen molar-refractivity contribution in [1.82, 2.24) is 0 Å². The van der Waals surface area contributed by atoms with Crippen LogP contribution in [-0.2, 0) is 5.41 Å². The second kappa shape index (κ2) is 14.2. The lowest BCUT2D eigenvalue weighted by Gasteiger charge is -2.34. The topological polar surface area (TPSA) is 3.24 Å². The first kappa shape index (κ1) is 36.0. The minimum atomic E-state index is -0.491. The van der Waals surface area contributed by atoms with E-state index in [0.717, 1.165) is 5.69 Å². The van der Waals surface area contributed by atoms with Crippen LogP contribution in [0.2, 0.25) is 0 Å². The zero-order valence-corrected chi connectivity index (χ0v) is 35.2. The minimum Gasteiger partial charge on any atom is -0.308 e. The number of benzene rings is 11. The van der Waals surface area contributed by atoms with Crippen molar-refractivity contribution in [3.8, 4) is 33.4 Å². The first-order valence-corrected chi connectivity index (χ1v) is 22.6. The lowest BCUT2D eigenvalue weighted by atomic mass is 9.67. The molecule has 0 saturated heterocycles. The molecule has 63 heavy (non-hydrogen) atoms. The molecular weight excluding hydrogens is 779 g/mol. The number of nitrogens with zero attached hydrogens (tertiary/aromatic N) is 1. The Balaban J connectivity index is 1.08. The average Bonchev–Trinajstić information content (AvgIpc) is 3.66. The molecule has 1 aliphatic carbocycles. The van der Waals surface area contributed by atoms with Gasteiger partial charge in [0.1, 0.15) is 0 Å². The van der Waals surface area contributed by atoms with Crippen molar-refractivity contribution in [3.05, 3.63) is 259 Å². The summed E-state index contributed by atoms with van der Waals surface area (Å²) in [6, 6.07) is 88.1. The second-order valence-electron chi connectivity index (χ2n) is 16.8. The molecule has 1 heterocycles. The van der Waals surface area contributed by atoms with Gasteiger partial charge in [0.2, 0.25) is 0 Å². The van der Waals surface area contributed by atoms with E-state index in [1.165, 1.54) is 109 Å². The summed E-state index contributed by atoms with van der Waals surface area (Å²) in [5.41, 5.74) is 15.5. The smallest absolute Gasteiger partial charge is 0.0713 e. The Morgan fingerprint density at radius 3 is 1.38 bits per heavy atom. The van der Waals surface area contributed by atoms with Crippen LogP contribution >= 0.6 is 11.8 Å². The third-order valence-corrected chi connectivity index (χ3v) is 14.6. The van der Waals surface area contributed by atoms with Crippen LogP contribution in [0.3, 0.4) is 0 Å². The van der Waals surface area contributed by atoms with Crippen molar-refractivity contribution in [2.75, 3.05) is 4.90 Å². The van der Waals surface area contributed by atoms with Crippen molar-refractivity contribution in [3.63, 3.8) is 0 Å². The van der Waals surface area contributed by atoms with Crippen LogP contribution in [0.15, 0.2) is 246 Å². The molecule has 0 saturated carbocycles. The Bertz CT molecular complexity index is 3490. The van der Waals surface area contributed by atoms with E-state index in [1.807, 2.05) is 11.8 Å². The highest BCUT2D eigenvalue weighted by molar-refractivity contribution is 7.99. The summed E-state index contributed by atoms with van der Waals surface area (Å²) in [6.45, 7) is 0. The van der Waals surface area contributed by atoms with Gasteiger partial charge in [0, 0.05) is 15.5 Å². The van der Waals surface area contributed by atoms with Crippen LogP contribution in [0.1, 0.15) is 22.3 Å². The molecule has 0 N–H and O–H groups in total. The number of anilines is 3. The highest BCUT2D eigenvalue weighted by Crippen LogP contribution is 2.57. The third-order valence-electron chi connectivity index (χ3n) is 13.5. The molecule has 2 aliphatic rings. The molecule has 0 fully saturated rings. The summed E-state index contributed by atoms with van der Waals surface area (Å²) in [7, 11) is 0. The lowest BCUT2D eigenvalue weighted by Crippen LogP contribution is -2.28. The first-order valence-electron chi connectivity index (χ1n) is 21.7. The molecule has 13 rings (SSSR count). The first-order chi connectivity index (χ1) is 31.2. The molecule has 1 aliphatic heterocycles. The van der Waals surface area contributed by atoms with Crippen LogP contribution in [0.4, 0.5) is 17.1 Å². The Labute approximate surface area is 371 Å². The molecule has 11 aromatic carbocycles. The lowest BCUT2D eigenvalue weighted by molar-refractivity contribution is 0.769. The van der Waals surface area contributed by atoms with Crippen LogP contribution in [0.5, 0.6) is 0 Å². The van der Waals surface area contributed by atoms with Gasteiger partial charge in [-0.2, -0.15) is 0 Å². The van der Waals surface area contributed by atoms with Gasteiger partial charge in [0.15, 0.2) is 0 Å². The van der Waals surface area contributed by atoms with E-state index in [2.05, 4.69) is 241 Å². The average molecular weight is 818 g/mol. The van der Waals surface area contributed by atoms with Crippen molar-refractivity contribution < 1.29 is 0 Å². The van der Waals surface area contributed by atoms with Crippen LogP contribution < -0.4 is 4.90 Å². The van der Waals surface area contributed by atoms with E-state index in [4.69, 9.17) is 0 Å². The molecule has 11 aromatic rings. The fraction of sp³-hybridized carbons (Fsp3) is 0.0164. The van der Waals surface area contributed by atoms with Crippen molar-refractivity contribution >= 4 is 61.1 Å². The van der Waals surface area contributed by atoms with Crippen molar-refractivity contribution in [2.24, 2.45) is 0 Å². The number of para-hydroxylation sites is 2. The van der Waals surface area contributed by atoms with Crippen molar-refractivity contribution in [2.45, 2.75) is 15.2 Å². The Morgan fingerprint density at radius 1 is 0.302 bits per heavy atom. The second-order valence-corrected chi connectivity index (χ2v) is 17.9. The summed E-state index contributed by atoms with van der Waals surface area (Å²) in [5.74, 6) is 0. The van der Waals surface area contributed by atoms with E-state index in [-0.39, 0.29) is 0 Å². The highest BCUT2D eigenvalue weighted by atomic mass is 32.2. The van der Waals surface area contributed by atoms with E-state index in [1.54, 1.807) is 0 Å². The quantitative estimate of drug-likeness (QED) is 0.159. The maximum absolute atomic E-state index is 2.49. The molecule has 0 spiro atoms. The minimum absolute atomic E-state index is 0.491. The number of fused-ring (bicyclic) bond motifs is 11.